The molecule has 2 aromatic carbocycles. The molecule has 0 aromatic heterocycles. The fourth-order valence-electron chi connectivity index (χ4n) is 2.50. The summed E-state index contributed by atoms with van der Waals surface area (Å²) in [6, 6.07) is 12.4. The summed E-state index contributed by atoms with van der Waals surface area (Å²) in [5.41, 5.74) is 3.85. The Hall–Kier alpha value is -2.16. The molecule has 0 aliphatic carbocycles. The first-order valence-electron chi connectivity index (χ1n) is 7.07. The Kier molecular flexibility index (Phi) is 4.73. The quantitative estimate of drug-likeness (QED) is 0.908. The van der Waals surface area contributed by atoms with E-state index in [1.807, 2.05) is 32.9 Å². The second-order valence-electron chi connectivity index (χ2n) is 5.42. The number of aryl methyl sites for hydroxylation is 2. The van der Waals surface area contributed by atoms with E-state index < -0.39 is 0 Å². The second-order valence-corrected chi connectivity index (χ2v) is 5.42. The normalized spacial score (nSPS) is 12.0. The largest absolute Gasteiger partial charge is 0.349 e. The minimum atomic E-state index is -0.341. The van der Waals surface area contributed by atoms with Gasteiger partial charge in [-0.2, -0.15) is 0 Å². The topological polar surface area (TPSA) is 29.1 Å². The number of rotatable bonds is 4. The van der Waals surface area contributed by atoms with E-state index in [0.29, 0.717) is 5.56 Å². The molecule has 21 heavy (non-hydrogen) atoms. The zero-order valence-corrected chi connectivity index (χ0v) is 12.6. The van der Waals surface area contributed by atoms with Crippen LogP contribution >= 0.6 is 0 Å². The van der Waals surface area contributed by atoms with Crippen LogP contribution in [0.2, 0.25) is 0 Å². The van der Waals surface area contributed by atoms with Gasteiger partial charge in [0.15, 0.2) is 0 Å². The van der Waals surface area contributed by atoms with Crippen molar-refractivity contribution < 1.29 is 9.18 Å². The van der Waals surface area contributed by atoms with Crippen molar-refractivity contribution in [1.29, 1.82) is 0 Å². The molecule has 0 spiro atoms. The van der Waals surface area contributed by atoms with E-state index in [1.54, 1.807) is 18.2 Å². The van der Waals surface area contributed by atoms with Crippen molar-refractivity contribution >= 4 is 5.91 Å². The van der Waals surface area contributed by atoms with Crippen LogP contribution < -0.4 is 5.32 Å². The third kappa shape index (κ3) is 3.91. The summed E-state index contributed by atoms with van der Waals surface area (Å²) in [6.07, 6.45) is 0.0575. The van der Waals surface area contributed by atoms with Gasteiger partial charge in [-0.05, 0) is 43.5 Å². The molecule has 0 aliphatic heterocycles. The highest BCUT2D eigenvalue weighted by atomic mass is 19.1. The Balaban J connectivity index is 2.04. The van der Waals surface area contributed by atoms with Gasteiger partial charge in [0, 0.05) is 0 Å². The molecule has 3 heteroatoms. The van der Waals surface area contributed by atoms with Crippen molar-refractivity contribution in [3.8, 4) is 0 Å². The lowest BCUT2D eigenvalue weighted by Gasteiger charge is -2.17. The molecule has 0 heterocycles. The highest BCUT2D eigenvalue weighted by Crippen LogP contribution is 2.18. The van der Waals surface area contributed by atoms with E-state index in [0.717, 1.165) is 11.1 Å². The smallest absolute Gasteiger partial charge is 0.225 e. The van der Waals surface area contributed by atoms with E-state index in [-0.39, 0.29) is 24.2 Å². The predicted octanol–water partition coefficient (Wildman–Crippen LogP) is 3.86. The number of nitrogens with one attached hydrogen (secondary N) is 1. The fraction of sp³-hybridized carbons (Fsp3) is 0.278. The predicted molar refractivity (Wildman–Crippen MR) is 82.6 cm³/mol. The molecular weight excluding hydrogens is 265 g/mol. The summed E-state index contributed by atoms with van der Waals surface area (Å²) in [7, 11) is 0. The molecule has 0 saturated heterocycles. The molecule has 1 unspecified atom stereocenters. The summed E-state index contributed by atoms with van der Waals surface area (Å²) in [4.78, 5) is 12.0. The number of hydrogen-bond donors (Lipinski definition) is 1. The van der Waals surface area contributed by atoms with Gasteiger partial charge < -0.3 is 5.32 Å². The maximum absolute atomic E-state index is 13.5. The Labute approximate surface area is 125 Å². The molecule has 0 fully saturated rings. The Morgan fingerprint density at radius 1 is 1.19 bits per heavy atom. The van der Waals surface area contributed by atoms with Gasteiger partial charge in [-0.15, -0.1) is 0 Å². The maximum atomic E-state index is 13.5. The van der Waals surface area contributed by atoms with Crippen molar-refractivity contribution in [3.63, 3.8) is 0 Å². The molecule has 1 N–H and O–H groups in total. The van der Waals surface area contributed by atoms with Crippen LogP contribution in [0.3, 0.4) is 0 Å². The summed E-state index contributed by atoms with van der Waals surface area (Å²) >= 11 is 0. The van der Waals surface area contributed by atoms with Gasteiger partial charge in [-0.3, -0.25) is 4.79 Å². The fourth-order valence-corrected chi connectivity index (χ4v) is 2.50. The molecule has 110 valence electrons. The Morgan fingerprint density at radius 3 is 2.57 bits per heavy atom. The Morgan fingerprint density at radius 2 is 1.90 bits per heavy atom. The van der Waals surface area contributed by atoms with Gasteiger partial charge in [0.2, 0.25) is 5.91 Å². The first kappa shape index (κ1) is 15.2. The van der Waals surface area contributed by atoms with Crippen LogP contribution in [0.25, 0.3) is 0 Å². The van der Waals surface area contributed by atoms with E-state index in [4.69, 9.17) is 0 Å². The lowest BCUT2D eigenvalue weighted by molar-refractivity contribution is -0.121. The number of hydrogen-bond acceptors (Lipinski definition) is 1. The van der Waals surface area contributed by atoms with Crippen LogP contribution in [-0.4, -0.2) is 5.91 Å². The van der Waals surface area contributed by atoms with Crippen LogP contribution in [0, 0.1) is 19.7 Å². The third-order valence-electron chi connectivity index (χ3n) is 3.58. The molecule has 2 rings (SSSR count). The van der Waals surface area contributed by atoms with E-state index in [1.165, 1.54) is 11.6 Å². The minimum absolute atomic E-state index is 0.0575. The lowest BCUT2D eigenvalue weighted by Crippen LogP contribution is -2.28. The summed E-state index contributed by atoms with van der Waals surface area (Å²) in [5, 5.41) is 2.93. The van der Waals surface area contributed by atoms with Crippen molar-refractivity contribution in [3.05, 3.63) is 70.5 Å². The van der Waals surface area contributed by atoms with Crippen LogP contribution in [0.1, 0.15) is 35.2 Å². The zero-order valence-electron chi connectivity index (χ0n) is 12.6. The van der Waals surface area contributed by atoms with E-state index >= 15 is 0 Å². The summed E-state index contributed by atoms with van der Waals surface area (Å²) in [5.74, 6) is -0.514. The molecule has 1 amide bonds. The average molecular weight is 285 g/mol. The van der Waals surface area contributed by atoms with Crippen molar-refractivity contribution in [2.24, 2.45) is 0 Å². The van der Waals surface area contributed by atoms with Gasteiger partial charge in [-0.25, -0.2) is 4.39 Å². The van der Waals surface area contributed by atoms with Gasteiger partial charge in [0.1, 0.15) is 5.82 Å². The lowest BCUT2D eigenvalue weighted by atomic mass is 10.00. The van der Waals surface area contributed by atoms with E-state index in [9.17, 15) is 9.18 Å². The highest BCUT2D eigenvalue weighted by molar-refractivity contribution is 5.79. The average Bonchev–Trinajstić information content (AvgIpc) is 2.41. The summed E-state index contributed by atoms with van der Waals surface area (Å²) in [6.45, 7) is 6.01. The van der Waals surface area contributed by atoms with Crippen molar-refractivity contribution in [1.82, 2.24) is 5.32 Å². The zero-order chi connectivity index (χ0) is 15.4. The van der Waals surface area contributed by atoms with E-state index in [2.05, 4.69) is 11.4 Å². The Bertz CT molecular complexity index is 651. The minimum Gasteiger partial charge on any atom is -0.349 e. The number of carbonyl (C=O) groups is 1. The molecule has 2 nitrogen and oxygen atoms in total. The van der Waals surface area contributed by atoms with Crippen molar-refractivity contribution in [2.75, 3.05) is 0 Å². The van der Waals surface area contributed by atoms with Crippen LogP contribution in [-0.2, 0) is 11.2 Å². The van der Waals surface area contributed by atoms with Crippen LogP contribution in [0.4, 0.5) is 4.39 Å². The molecule has 0 aliphatic rings. The first-order chi connectivity index (χ1) is 9.97. The molecular formula is C18H20FNO. The molecule has 0 saturated carbocycles. The summed E-state index contributed by atoms with van der Waals surface area (Å²) < 4.78 is 13.5. The third-order valence-corrected chi connectivity index (χ3v) is 3.58. The van der Waals surface area contributed by atoms with Gasteiger partial charge >= 0.3 is 0 Å². The van der Waals surface area contributed by atoms with Crippen LogP contribution in [0.5, 0.6) is 0 Å². The standard InChI is InChI=1S/C18H20FNO/c1-12-8-9-16(13(2)10-12)14(3)20-18(21)11-15-6-4-5-7-17(15)19/h4-10,14H,11H2,1-3H3,(H,20,21). The first-order valence-corrected chi connectivity index (χ1v) is 7.07. The molecule has 0 bridgehead atoms. The molecule has 1 atom stereocenters. The molecule has 2 aromatic rings. The highest BCUT2D eigenvalue weighted by Gasteiger charge is 2.13. The van der Waals surface area contributed by atoms with Gasteiger partial charge in [0.25, 0.3) is 0 Å². The van der Waals surface area contributed by atoms with Crippen molar-refractivity contribution in [2.45, 2.75) is 33.2 Å². The SMILES string of the molecule is Cc1ccc(C(C)NC(=O)Cc2ccccc2F)c(C)c1. The number of halogens is 1. The van der Waals surface area contributed by atoms with Gasteiger partial charge in [0.05, 0.1) is 12.5 Å². The molecule has 0 radical (unpaired) electrons. The maximum Gasteiger partial charge on any atom is 0.225 e. The monoisotopic (exact) mass is 285 g/mol. The number of benzene rings is 2. The number of carbonyl (C=O) groups excluding carboxylic acids is 1. The van der Waals surface area contributed by atoms with Crippen LogP contribution in [0.15, 0.2) is 42.5 Å². The van der Waals surface area contributed by atoms with Gasteiger partial charge in [-0.1, -0.05) is 42.0 Å². The number of amides is 1. The second kappa shape index (κ2) is 6.53.